The van der Waals surface area contributed by atoms with Gasteiger partial charge >= 0.3 is 0 Å². The van der Waals surface area contributed by atoms with Gasteiger partial charge in [0.25, 0.3) is 0 Å². The Hall–Kier alpha value is -0.850. The van der Waals surface area contributed by atoms with Crippen molar-refractivity contribution in [2.24, 2.45) is 0 Å². The fourth-order valence-corrected chi connectivity index (χ4v) is 2.10. The molecule has 0 heterocycles. The fraction of sp³-hybridized carbons (Fsp3) is 0.455. The Labute approximate surface area is 72.4 Å². The van der Waals surface area contributed by atoms with E-state index in [0.717, 1.165) is 24.0 Å². The van der Waals surface area contributed by atoms with Gasteiger partial charge in [-0.05, 0) is 48.4 Å². The van der Waals surface area contributed by atoms with Crippen LogP contribution in [0.15, 0.2) is 12.1 Å². The maximum absolute atomic E-state index is 13.4. The van der Waals surface area contributed by atoms with Gasteiger partial charge < -0.3 is 0 Å². The maximum atomic E-state index is 13.4. The largest absolute Gasteiger partial charge is 0.207 e. The molecular formula is C11H13F. The van der Waals surface area contributed by atoms with E-state index in [-0.39, 0.29) is 5.82 Å². The van der Waals surface area contributed by atoms with E-state index in [1.54, 1.807) is 6.07 Å². The molecule has 1 atom stereocenters. The van der Waals surface area contributed by atoms with Gasteiger partial charge in [-0.3, -0.25) is 0 Å². The number of fused-ring (bicyclic) bond motifs is 1. The van der Waals surface area contributed by atoms with Gasteiger partial charge in [-0.2, -0.15) is 0 Å². The quantitative estimate of drug-likeness (QED) is 0.552. The minimum absolute atomic E-state index is 0.00463. The smallest absolute Gasteiger partial charge is 0.127 e. The van der Waals surface area contributed by atoms with E-state index in [0.29, 0.717) is 5.92 Å². The zero-order chi connectivity index (χ0) is 8.72. The lowest BCUT2D eigenvalue weighted by Crippen LogP contribution is -1.93. The topological polar surface area (TPSA) is 0 Å². The van der Waals surface area contributed by atoms with Crippen LogP contribution in [-0.4, -0.2) is 0 Å². The third-order valence-corrected chi connectivity index (χ3v) is 2.70. The lowest BCUT2D eigenvalue weighted by molar-refractivity contribution is 0.594. The predicted molar refractivity (Wildman–Crippen MR) is 47.9 cm³/mol. The van der Waals surface area contributed by atoms with Crippen LogP contribution in [0.5, 0.6) is 0 Å². The molecule has 1 aliphatic carbocycles. The first kappa shape index (κ1) is 7.78. The molecule has 1 aromatic carbocycles. The molecule has 0 saturated heterocycles. The van der Waals surface area contributed by atoms with Crippen LogP contribution in [-0.2, 0) is 6.42 Å². The summed E-state index contributed by atoms with van der Waals surface area (Å²) in [5.74, 6) is 0.413. The van der Waals surface area contributed by atoms with Crippen molar-refractivity contribution < 1.29 is 4.39 Å². The number of hydrogen-bond acceptors (Lipinski definition) is 0. The van der Waals surface area contributed by atoms with Crippen molar-refractivity contribution in [1.82, 2.24) is 0 Å². The van der Waals surface area contributed by atoms with Crippen molar-refractivity contribution in [3.8, 4) is 0 Å². The Bertz CT molecular complexity index is 315. The summed E-state index contributed by atoms with van der Waals surface area (Å²) in [4.78, 5) is 0. The third-order valence-electron chi connectivity index (χ3n) is 2.70. The Morgan fingerprint density at radius 2 is 2.17 bits per heavy atom. The van der Waals surface area contributed by atoms with Gasteiger partial charge in [-0.25, -0.2) is 4.39 Å². The fourth-order valence-electron chi connectivity index (χ4n) is 2.10. The van der Waals surface area contributed by atoms with Gasteiger partial charge in [0.15, 0.2) is 0 Å². The molecule has 0 nitrogen and oxygen atoms in total. The highest BCUT2D eigenvalue weighted by atomic mass is 19.1. The molecule has 0 aromatic heterocycles. The molecule has 0 saturated carbocycles. The highest BCUT2D eigenvalue weighted by molar-refractivity contribution is 5.38. The average molecular weight is 164 g/mol. The first-order valence-corrected chi connectivity index (χ1v) is 4.47. The van der Waals surface area contributed by atoms with Crippen LogP contribution in [0.3, 0.4) is 0 Å². The SMILES string of the molecule is Cc1cc(F)c2c(c1)CC[C@@H]2C. The van der Waals surface area contributed by atoms with Crippen molar-refractivity contribution in [2.75, 3.05) is 0 Å². The molecule has 1 aromatic rings. The molecule has 64 valence electrons. The Morgan fingerprint density at radius 1 is 1.42 bits per heavy atom. The molecule has 0 fully saturated rings. The highest BCUT2D eigenvalue weighted by Gasteiger charge is 2.22. The predicted octanol–water partition coefficient (Wildman–Crippen LogP) is 3.18. The summed E-state index contributed by atoms with van der Waals surface area (Å²) in [6, 6.07) is 3.75. The van der Waals surface area contributed by atoms with Crippen LogP contribution in [0.4, 0.5) is 4.39 Å². The zero-order valence-corrected chi connectivity index (χ0v) is 7.52. The van der Waals surface area contributed by atoms with Crippen LogP contribution in [0, 0.1) is 12.7 Å². The average Bonchev–Trinajstić information content (AvgIpc) is 2.31. The molecule has 0 amide bonds. The van der Waals surface area contributed by atoms with E-state index in [4.69, 9.17) is 0 Å². The number of halogens is 1. The van der Waals surface area contributed by atoms with Crippen LogP contribution in [0.1, 0.15) is 36.0 Å². The van der Waals surface area contributed by atoms with Crippen LogP contribution in [0.2, 0.25) is 0 Å². The lowest BCUT2D eigenvalue weighted by Gasteiger charge is -2.06. The van der Waals surface area contributed by atoms with E-state index in [1.807, 2.05) is 6.92 Å². The summed E-state index contributed by atoms with van der Waals surface area (Å²) in [5, 5.41) is 0. The van der Waals surface area contributed by atoms with Crippen LogP contribution in [0.25, 0.3) is 0 Å². The second kappa shape index (κ2) is 2.58. The van der Waals surface area contributed by atoms with E-state index in [2.05, 4.69) is 13.0 Å². The van der Waals surface area contributed by atoms with Crippen molar-refractivity contribution in [2.45, 2.75) is 32.6 Å². The van der Waals surface area contributed by atoms with Gasteiger partial charge in [-0.15, -0.1) is 0 Å². The first-order chi connectivity index (χ1) is 5.68. The number of rotatable bonds is 0. The third kappa shape index (κ3) is 1.04. The zero-order valence-electron chi connectivity index (χ0n) is 7.52. The van der Waals surface area contributed by atoms with Gasteiger partial charge in [-0.1, -0.05) is 13.0 Å². The molecule has 0 radical (unpaired) electrons. The summed E-state index contributed by atoms with van der Waals surface area (Å²) >= 11 is 0. The minimum Gasteiger partial charge on any atom is -0.207 e. The maximum Gasteiger partial charge on any atom is 0.127 e. The summed E-state index contributed by atoms with van der Waals surface area (Å²) in [5.41, 5.74) is 3.22. The molecule has 0 bridgehead atoms. The molecule has 0 N–H and O–H groups in total. The lowest BCUT2D eigenvalue weighted by atomic mass is 10.0. The van der Waals surface area contributed by atoms with Gasteiger partial charge in [0, 0.05) is 0 Å². The molecule has 2 rings (SSSR count). The van der Waals surface area contributed by atoms with Crippen molar-refractivity contribution in [1.29, 1.82) is 0 Å². The van der Waals surface area contributed by atoms with Crippen molar-refractivity contribution >= 4 is 0 Å². The highest BCUT2D eigenvalue weighted by Crippen LogP contribution is 2.34. The summed E-state index contributed by atoms with van der Waals surface area (Å²) in [6.07, 6.45) is 2.16. The number of benzene rings is 1. The van der Waals surface area contributed by atoms with Crippen molar-refractivity contribution in [3.63, 3.8) is 0 Å². The molecular weight excluding hydrogens is 151 g/mol. The Morgan fingerprint density at radius 3 is 2.92 bits per heavy atom. The minimum atomic E-state index is -0.00463. The first-order valence-electron chi connectivity index (χ1n) is 4.47. The molecule has 1 aliphatic rings. The molecule has 0 aliphatic heterocycles. The molecule has 0 spiro atoms. The summed E-state index contributed by atoms with van der Waals surface area (Å²) in [7, 11) is 0. The number of hydrogen-bond donors (Lipinski definition) is 0. The van der Waals surface area contributed by atoms with E-state index >= 15 is 0 Å². The monoisotopic (exact) mass is 164 g/mol. The van der Waals surface area contributed by atoms with Gasteiger partial charge in [0.1, 0.15) is 5.82 Å². The van der Waals surface area contributed by atoms with Crippen LogP contribution >= 0.6 is 0 Å². The molecule has 12 heavy (non-hydrogen) atoms. The number of aryl methyl sites for hydroxylation is 2. The van der Waals surface area contributed by atoms with E-state index in [1.165, 1.54) is 5.56 Å². The van der Waals surface area contributed by atoms with E-state index in [9.17, 15) is 4.39 Å². The second-order valence-corrected chi connectivity index (χ2v) is 3.76. The Kier molecular flexibility index (Phi) is 1.67. The van der Waals surface area contributed by atoms with E-state index < -0.39 is 0 Å². The molecule has 1 heteroatoms. The summed E-state index contributed by atoms with van der Waals surface area (Å²) in [6.45, 7) is 4.05. The standard InChI is InChI=1S/C11H13F/c1-7-5-9-4-3-8(2)11(9)10(12)6-7/h5-6,8H,3-4H2,1-2H3/t8-/m0/s1. The Balaban J connectivity index is 2.60. The second-order valence-electron chi connectivity index (χ2n) is 3.76. The molecule has 0 unspecified atom stereocenters. The van der Waals surface area contributed by atoms with Crippen LogP contribution < -0.4 is 0 Å². The van der Waals surface area contributed by atoms with Gasteiger partial charge in [0.2, 0.25) is 0 Å². The van der Waals surface area contributed by atoms with Gasteiger partial charge in [0.05, 0.1) is 0 Å². The normalized spacial score (nSPS) is 21.1. The summed E-state index contributed by atoms with van der Waals surface area (Å²) < 4.78 is 13.4. The van der Waals surface area contributed by atoms with Crippen molar-refractivity contribution in [3.05, 3.63) is 34.6 Å².